The van der Waals surface area contributed by atoms with Crippen LogP contribution in [-0.4, -0.2) is 23.6 Å². The molecule has 0 unspecified atom stereocenters. The van der Waals surface area contributed by atoms with E-state index in [0.717, 1.165) is 14.5 Å². The fourth-order valence-corrected chi connectivity index (χ4v) is 3.84. The molecule has 0 aliphatic carbocycles. The summed E-state index contributed by atoms with van der Waals surface area (Å²) in [5, 5.41) is 6.51. The van der Waals surface area contributed by atoms with Crippen molar-refractivity contribution in [2.75, 3.05) is 11.9 Å². The molecule has 0 radical (unpaired) electrons. The number of aromatic nitrogens is 1. The van der Waals surface area contributed by atoms with Crippen LogP contribution in [0.4, 0.5) is 5.69 Å². The number of hydrogen-bond acceptors (Lipinski definition) is 5. The zero-order valence-corrected chi connectivity index (χ0v) is 17.4. The molecular formula is C17H18Br2N2O4. The van der Waals surface area contributed by atoms with Crippen molar-refractivity contribution in [2.24, 2.45) is 0 Å². The first-order chi connectivity index (χ1) is 11.7. The third kappa shape index (κ3) is 4.70. The predicted molar refractivity (Wildman–Crippen MR) is 101 cm³/mol. The minimum Gasteiger partial charge on any atom is -0.452 e. The zero-order valence-electron chi connectivity index (χ0n) is 14.3. The Labute approximate surface area is 162 Å². The molecular weight excluding hydrogens is 456 g/mol. The molecule has 1 aromatic carbocycles. The quantitative estimate of drug-likeness (QED) is 0.634. The summed E-state index contributed by atoms with van der Waals surface area (Å²) in [7, 11) is 0. The van der Waals surface area contributed by atoms with Gasteiger partial charge in [0, 0.05) is 14.9 Å². The minimum absolute atomic E-state index is 0.0166. The summed E-state index contributed by atoms with van der Waals surface area (Å²) < 4.78 is 11.7. The summed E-state index contributed by atoms with van der Waals surface area (Å²) in [4.78, 5) is 24.4. The number of esters is 1. The number of carbonyl (C=O) groups excluding carboxylic acids is 2. The van der Waals surface area contributed by atoms with Crippen LogP contribution in [0, 0.1) is 13.8 Å². The van der Waals surface area contributed by atoms with E-state index in [1.54, 1.807) is 6.92 Å². The molecule has 1 heterocycles. The topological polar surface area (TPSA) is 81.4 Å². The number of nitrogens with zero attached hydrogens (tertiary/aromatic N) is 1. The highest BCUT2D eigenvalue weighted by Gasteiger charge is 2.24. The Morgan fingerprint density at radius 1 is 1.24 bits per heavy atom. The normalized spacial score (nSPS) is 10.8. The van der Waals surface area contributed by atoms with Gasteiger partial charge in [0.15, 0.2) is 12.4 Å². The van der Waals surface area contributed by atoms with E-state index in [4.69, 9.17) is 9.26 Å². The van der Waals surface area contributed by atoms with Gasteiger partial charge in [-0.3, -0.25) is 4.79 Å². The van der Waals surface area contributed by atoms with Crippen LogP contribution < -0.4 is 5.32 Å². The maximum Gasteiger partial charge on any atom is 0.344 e. The number of amides is 1. The SMILES string of the molecule is Cc1cc(Br)c(NC(=O)COC(=O)c2c(C)noc2C(C)C)c(Br)c1. The molecule has 0 atom stereocenters. The Hall–Kier alpha value is -1.67. The Kier molecular flexibility index (Phi) is 6.40. The number of rotatable bonds is 5. The lowest BCUT2D eigenvalue weighted by atomic mass is 10.1. The van der Waals surface area contributed by atoms with E-state index < -0.39 is 18.5 Å². The van der Waals surface area contributed by atoms with Crippen molar-refractivity contribution in [1.82, 2.24) is 5.16 Å². The van der Waals surface area contributed by atoms with Gasteiger partial charge in [-0.05, 0) is 63.4 Å². The van der Waals surface area contributed by atoms with Crippen LogP contribution in [0.1, 0.15) is 47.1 Å². The standard InChI is InChI=1S/C17H18Br2N2O4/c1-8(2)16-14(10(4)21-25-16)17(23)24-7-13(22)20-15-11(18)5-9(3)6-12(15)19/h5-6,8H,7H2,1-4H3,(H,20,22). The molecule has 0 bridgehead atoms. The molecule has 6 nitrogen and oxygen atoms in total. The van der Waals surface area contributed by atoms with Crippen LogP contribution in [0.15, 0.2) is 25.6 Å². The van der Waals surface area contributed by atoms with Crippen LogP contribution in [-0.2, 0) is 9.53 Å². The van der Waals surface area contributed by atoms with Gasteiger partial charge in [0.2, 0.25) is 0 Å². The lowest BCUT2D eigenvalue weighted by molar-refractivity contribution is -0.119. The lowest BCUT2D eigenvalue weighted by Crippen LogP contribution is -2.22. The third-order valence-electron chi connectivity index (χ3n) is 3.40. The number of nitrogens with one attached hydrogen (secondary N) is 1. The predicted octanol–water partition coefficient (Wildman–Crippen LogP) is 4.74. The van der Waals surface area contributed by atoms with E-state index in [0.29, 0.717) is 17.1 Å². The second kappa shape index (κ2) is 8.14. The van der Waals surface area contributed by atoms with E-state index in [9.17, 15) is 9.59 Å². The first kappa shape index (κ1) is 19.7. The Bertz CT molecular complexity index is 792. The zero-order chi connectivity index (χ0) is 18.7. The minimum atomic E-state index is -0.625. The summed E-state index contributed by atoms with van der Waals surface area (Å²) in [5.74, 6) is -0.637. The first-order valence-electron chi connectivity index (χ1n) is 7.59. The van der Waals surface area contributed by atoms with Gasteiger partial charge in [0.05, 0.1) is 11.4 Å². The molecule has 0 fully saturated rings. The number of carbonyl (C=O) groups is 2. The molecule has 0 aliphatic heterocycles. The van der Waals surface area contributed by atoms with Crippen LogP contribution in [0.5, 0.6) is 0 Å². The highest BCUT2D eigenvalue weighted by molar-refractivity contribution is 9.11. The van der Waals surface area contributed by atoms with Crippen molar-refractivity contribution in [3.05, 3.63) is 43.7 Å². The Balaban J connectivity index is 2.04. The third-order valence-corrected chi connectivity index (χ3v) is 4.65. The highest BCUT2D eigenvalue weighted by Crippen LogP contribution is 2.32. The van der Waals surface area contributed by atoms with E-state index in [2.05, 4.69) is 42.3 Å². The van der Waals surface area contributed by atoms with Crippen LogP contribution in [0.3, 0.4) is 0 Å². The van der Waals surface area contributed by atoms with Crippen molar-refractivity contribution >= 4 is 49.4 Å². The first-order valence-corrected chi connectivity index (χ1v) is 9.18. The van der Waals surface area contributed by atoms with Crippen molar-refractivity contribution in [1.29, 1.82) is 0 Å². The molecule has 0 saturated carbocycles. The molecule has 1 aromatic heterocycles. The van der Waals surface area contributed by atoms with E-state index in [1.165, 1.54) is 0 Å². The molecule has 2 rings (SSSR count). The summed E-state index contributed by atoms with van der Waals surface area (Å²) in [6.07, 6.45) is 0. The largest absolute Gasteiger partial charge is 0.452 e. The molecule has 1 N–H and O–H groups in total. The number of aryl methyl sites for hydroxylation is 2. The molecule has 2 aromatic rings. The van der Waals surface area contributed by atoms with Gasteiger partial charge in [-0.1, -0.05) is 19.0 Å². The maximum absolute atomic E-state index is 12.3. The van der Waals surface area contributed by atoms with Crippen molar-refractivity contribution in [3.63, 3.8) is 0 Å². The lowest BCUT2D eigenvalue weighted by Gasteiger charge is -2.11. The van der Waals surface area contributed by atoms with Crippen LogP contribution in [0.25, 0.3) is 0 Å². The van der Waals surface area contributed by atoms with E-state index in [-0.39, 0.29) is 11.5 Å². The number of anilines is 1. The van der Waals surface area contributed by atoms with Crippen LogP contribution >= 0.6 is 31.9 Å². The molecule has 0 aliphatic rings. The number of ether oxygens (including phenoxy) is 1. The summed E-state index contributed by atoms with van der Waals surface area (Å²) in [6, 6.07) is 3.75. The van der Waals surface area contributed by atoms with Crippen molar-refractivity contribution < 1.29 is 18.8 Å². The second-order valence-corrected chi connectivity index (χ2v) is 7.60. The van der Waals surface area contributed by atoms with Crippen molar-refractivity contribution in [3.8, 4) is 0 Å². The molecule has 0 saturated heterocycles. The van der Waals surface area contributed by atoms with E-state index >= 15 is 0 Å². The molecule has 8 heteroatoms. The summed E-state index contributed by atoms with van der Waals surface area (Å²) in [5.41, 5.74) is 2.33. The maximum atomic E-state index is 12.3. The van der Waals surface area contributed by atoms with Gasteiger partial charge >= 0.3 is 5.97 Å². The summed E-state index contributed by atoms with van der Waals surface area (Å²) in [6.45, 7) is 6.96. The molecule has 134 valence electrons. The van der Waals surface area contributed by atoms with Gasteiger partial charge in [-0.2, -0.15) is 0 Å². The monoisotopic (exact) mass is 472 g/mol. The van der Waals surface area contributed by atoms with E-state index in [1.807, 2.05) is 32.9 Å². The van der Waals surface area contributed by atoms with Gasteiger partial charge in [-0.25, -0.2) is 4.79 Å². The molecule has 1 amide bonds. The van der Waals surface area contributed by atoms with Crippen LogP contribution in [0.2, 0.25) is 0 Å². The van der Waals surface area contributed by atoms with Gasteiger partial charge in [-0.15, -0.1) is 0 Å². The Morgan fingerprint density at radius 2 is 1.84 bits per heavy atom. The molecule has 0 spiro atoms. The number of hydrogen-bond donors (Lipinski definition) is 1. The van der Waals surface area contributed by atoms with Gasteiger partial charge in [0.1, 0.15) is 5.56 Å². The van der Waals surface area contributed by atoms with Gasteiger partial charge < -0.3 is 14.6 Å². The number of benzene rings is 1. The second-order valence-electron chi connectivity index (χ2n) is 5.89. The van der Waals surface area contributed by atoms with Gasteiger partial charge in [0.25, 0.3) is 5.91 Å². The fourth-order valence-electron chi connectivity index (χ4n) is 2.23. The Morgan fingerprint density at radius 3 is 2.40 bits per heavy atom. The summed E-state index contributed by atoms with van der Waals surface area (Å²) >= 11 is 6.80. The van der Waals surface area contributed by atoms with Crippen molar-refractivity contribution in [2.45, 2.75) is 33.6 Å². The average Bonchev–Trinajstić information content (AvgIpc) is 2.90. The average molecular weight is 474 g/mol. The highest BCUT2D eigenvalue weighted by atomic mass is 79.9. The fraction of sp³-hybridized carbons (Fsp3) is 0.353. The molecule has 25 heavy (non-hydrogen) atoms. The number of halogens is 2. The smallest absolute Gasteiger partial charge is 0.344 e.